The molecule has 0 radical (unpaired) electrons. The van der Waals surface area contributed by atoms with Crippen molar-refractivity contribution >= 4 is 0 Å². The highest BCUT2D eigenvalue weighted by molar-refractivity contribution is 5.22. The Balaban J connectivity index is 2.09. The van der Waals surface area contributed by atoms with Crippen molar-refractivity contribution in [1.82, 2.24) is 14.7 Å². The van der Waals surface area contributed by atoms with Gasteiger partial charge in [0.05, 0.1) is 11.7 Å². The molecule has 2 N–H and O–H groups in total. The minimum atomic E-state index is 0.342. The highest BCUT2D eigenvalue weighted by atomic mass is 15.3. The number of rotatable bonds is 6. The fraction of sp³-hybridized carbons (Fsp3) is 0.824. The lowest BCUT2D eigenvalue weighted by Gasteiger charge is -2.29. The lowest BCUT2D eigenvalue weighted by molar-refractivity contribution is 0.205. The Bertz CT molecular complexity index is 426. The molecule has 0 aliphatic carbocycles. The maximum atomic E-state index is 6.13. The molecule has 2 unspecified atom stereocenters. The average molecular weight is 292 g/mol. The molecule has 2 atom stereocenters. The zero-order valence-corrected chi connectivity index (χ0v) is 14.0. The van der Waals surface area contributed by atoms with Gasteiger partial charge in [-0.3, -0.25) is 9.58 Å². The van der Waals surface area contributed by atoms with Gasteiger partial charge in [-0.05, 0) is 44.7 Å². The molecule has 4 nitrogen and oxygen atoms in total. The van der Waals surface area contributed by atoms with Crippen molar-refractivity contribution < 1.29 is 0 Å². The Hall–Kier alpha value is -0.870. The molecule has 1 saturated heterocycles. The van der Waals surface area contributed by atoms with E-state index in [2.05, 4.69) is 30.0 Å². The minimum absolute atomic E-state index is 0.342. The van der Waals surface area contributed by atoms with Crippen molar-refractivity contribution in [1.29, 1.82) is 0 Å². The number of hydrogen-bond acceptors (Lipinski definition) is 3. The zero-order valence-electron chi connectivity index (χ0n) is 14.0. The van der Waals surface area contributed by atoms with Crippen LogP contribution >= 0.6 is 0 Å². The topological polar surface area (TPSA) is 47.1 Å². The van der Waals surface area contributed by atoms with E-state index in [-0.39, 0.29) is 0 Å². The van der Waals surface area contributed by atoms with Crippen LogP contribution in [-0.2, 0) is 13.5 Å². The van der Waals surface area contributed by atoms with E-state index in [9.17, 15) is 0 Å². The molecule has 1 aliphatic heterocycles. The van der Waals surface area contributed by atoms with E-state index in [0.29, 0.717) is 12.6 Å². The van der Waals surface area contributed by atoms with Crippen molar-refractivity contribution in [2.24, 2.45) is 18.7 Å². The van der Waals surface area contributed by atoms with Crippen molar-refractivity contribution in [3.63, 3.8) is 0 Å². The summed E-state index contributed by atoms with van der Waals surface area (Å²) in [5.74, 6) is 0.915. The molecule has 1 aliphatic rings. The summed E-state index contributed by atoms with van der Waals surface area (Å²) in [6.45, 7) is 7.54. The number of hydrogen-bond donors (Lipinski definition) is 1. The molecule has 0 amide bonds. The number of nitrogens with zero attached hydrogens (tertiary/aromatic N) is 3. The Morgan fingerprint density at radius 1 is 1.33 bits per heavy atom. The van der Waals surface area contributed by atoms with E-state index in [4.69, 9.17) is 5.73 Å². The standard InChI is InChI=1S/C17H32N4/c1-4-7-14-8-6-10-21(11-9-14)17(12-18)15-13-20(3)19-16(15)5-2/h13-14,17H,4-12,18H2,1-3H3. The molecule has 1 aromatic heterocycles. The summed E-state index contributed by atoms with van der Waals surface area (Å²) in [5.41, 5.74) is 8.69. The summed E-state index contributed by atoms with van der Waals surface area (Å²) in [5, 5.41) is 4.60. The fourth-order valence-electron chi connectivity index (χ4n) is 3.77. The highest BCUT2D eigenvalue weighted by Gasteiger charge is 2.25. The van der Waals surface area contributed by atoms with Crippen LogP contribution in [0.1, 0.15) is 63.3 Å². The van der Waals surface area contributed by atoms with Gasteiger partial charge in [0, 0.05) is 25.4 Å². The second kappa shape index (κ2) is 7.95. The van der Waals surface area contributed by atoms with Crippen LogP contribution in [0, 0.1) is 5.92 Å². The third-order valence-corrected chi connectivity index (χ3v) is 4.87. The molecule has 4 heteroatoms. The van der Waals surface area contributed by atoms with Gasteiger partial charge in [-0.15, -0.1) is 0 Å². The van der Waals surface area contributed by atoms with Gasteiger partial charge in [0.25, 0.3) is 0 Å². The van der Waals surface area contributed by atoms with E-state index < -0.39 is 0 Å². The second-order valence-electron chi connectivity index (χ2n) is 6.43. The number of aryl methyl sites for hydroxylation is 2. The molecule has 1 fully saturated rings. The third-order valence-electron chi connectivity index (χ3n) is 4.87. The number of likely N-dealkylation sites (tertiary alicyclic amines) is 1. The van der Waals surface area contributed by atoms with Gasteiger partial charge in [0.2, 0.25) is 0 Å². The van der Waals surface area contributed by atoms with Gasteiger partial charge in [-0.25, -0.2) is 0 Å². The summed E-state index contributed by atoms with van der Waals surface area (Å²) in [7, 11) is 2.01. The highest BCUT2D eigenvalue weighted by Crippen LogP contribution is 2.29. The molecule has 0 bridgehead atoms. The lowest BCUT2D eigenvalue weighted by atomic mass is 9.96. The van der Waals surface area contributed by atoms with Gasteiger partial charge >= 0.3 is 0 Å². The molecule has 2 heterocycles. The van der Waals surface area contributed by atoms with Gasteiger partial charge in [0.15, 0.2) is 0 Å². The third kappa shape index (κ3) is 4.07. The van der Waals surface area contributed by atoms with E-state index in [1.165, 1.54) is 56.5 Å². The fourth-order valence-corrected chi connectivity index (χ4v) is 3.77. The molecule has 120 valence electrons. The molecular weight excluding hydrogens is 260 g/mol. The molecule has 1 aromatic rings. The first-order chi connectivity index (χ1) is 10.2. The molecule has 0 saturated carbocycles. The minimum Gasteiger partial charge on any atom is -0.329 e. The molecule has 21 heavy (non-hydrogen) atoms. The maximum absolute atomic E-state index is 6.13. The monoisotopic (exact) mass is 292 g/mol. The molecular formula is C17H32N4. The van der Waals surface area contributed by atoms with Crippen LogP contribution in [0.5, 0.6) is 0 Å². The van der Waals surface area contributed by atoms with Crippen LogP contribution in [0.4, 0.5) is 0 Å². The van der Waals surface area contributed by atoms with E-state index >= 15 is 0 Å². The van der Waals surface area contributed by atoms with Gasteiger partial charge in [0.1, 0.15) is 0 Å². The van der Waals surface area contributed by atoms with E-state index in [1.807, 2.05) is 11.7 Å². The Morgan fingerprint density at radius 2 is 2.14 bits per heavy atom. The molecule has 2 rings (SSSR count). The summed E-state index contributed by atoms with van der Waals surface area (Å²) in [4.78, 5) is 2.60. The largest absolute Gasteiger partial charge is 0.329 e. The van der Waals surface area contributed by atoms with Crippen LogP contribution in [0.15, 0.2) is 6.20 Å². The first kappa shape index (κ1) is 16.5. The second-order valence-corrected chi connectivity index (χ2v) is 6.43. The van der Waals surface area contributed by atoms with Gasteiger partial charge in [-0.1, -0.05) is 26.7 Å². The van der Waals surface area contributed by atoms with Crippen LogP contribution in [0.2, 0.25) is 0 Å². The number of aromatic nitrogens is 2. The number of nitrogens with two attached hydrogens (primary N) is 1. The Labute approximate surface area is 129 Å². The zero-order chi connectivity index (χ0) is 15.2. The van der Waals surface area contributed by atoms with Crippen molar-refractivity contribution in [2.75, 3.05) is 19.6 Å². The Morgan fingerprint density at radius 3 is 2.81 bits per heavy atom. The predicted molar refractivity (Wildman–Crippen MR) is 88.2 cm³/mol. The average Bonchev–Trinajstić information content (AvgIpc) is 2.69. The maximum Gasteiger partial charge on any atom is 0.0670 e. The summed E-state index contributed by atoms with van der Waals surface area (Å²) in [6.07, 6.45) is 9.87. The molecule has 0 aromatic carbocycles. The quantitative estimate of drug-likeness (QED) is 0.877. The SMILES string of the molecule is CCCC1CCCN(C(CN)c2cn(C)nc2CC)CC1. The predicted octanol–water partition coefficient (Wildman–Crippen LogP) is 2.88. The first-order valence-corrected chi connectivity index (χ1v) is 8.66. The summed E-state index contributed by atoms with van der Waals surface area (Å²) >= 11 is 0. The summed E-state index contributed by atoms with van der Waals surface area (Å²) < 4.78 is 1.94. The van der Waals surface area contributed by atoms with Crippen LogP contribution in [0.3, 0.4) is 0 Å². The van der Waals surface area contributed by atoms with Crippen LogP contribution < -0.4 is 5.73 Å². The van der Waals surface area contributed by atoms with Crippen LogP contribution in [-0.4, -0.2) is 34.3 Å². The first-order valence-electron chi connectivity index (χ1n) is 8.66. The van der Waals surface area contributed by atoms with Crippen molar-refractivity contribution in [3.8, 4) is 0 Å². The van der Waals surface area contributed by atoms with Crippen molar-refractivity contribution in [3.05, 3.63) is 17.5 Å². The Kier molecular flexibility index (Phi) is 6.24. The van der Waals surface area contributed by atoms with E-state index in [1.54, 1.807) is 0 Å². The van der Waals surface area contributed by atoms with Gasteiger partial charge in [-0.2, -0.15) is 5.10 Å². The normalized spacial score (nSPS) is 22.2. The van der Waals surface area contributed by atoms with E-state index in [0.717, 1.165) is 12.3 Å². The summed E-state index contributed by atoms with van der Waals surface area (Å²) in [6, 6.07) is 0.342. The smallest absolute Gasteiger partial charge is 0.0670 e. The van der Waals surface area contributed by atoms with Gasteiger partial charge < -0.3 is 5.73 Å². The van der Waals surface area contributed by atoms with Crippen molar-refractivity contribution in [2.45, 2.75) is 58.4 Å². The van der Waals surface area contributed by atoms with Crippen LogP contribution in [0.25, 0.3) is 0 Å². The lowest BCUT2D eigenvalue weighted by Crippen LogP contribution is -2.35. The molecule has 0 spiro atoms.